The quantitative estimate of drug-likeness (QED) is 0.168. The third-order valence-corrected chi connectivity index (χ3v) is 14.0. The third-order valence-electron chi connectivity index (χ3n) is 7.96. The van der Waals surface area contributed by atoms with Crippen LogP contribution in [0.1, 0.15) is 38.5 Å². The molecule has 0 bridgehead atoms. The monoisotopic (exact) mass is 1200 g/mol. The van der Waals surface area contributed by atoms with Crippen molar-refractivity contribution in [3.63, 3.8) is 0 Å². The second kappa shape index (κ2) is 28.7. The van der Waals surface area contributed by atoms with Crippen molar-refractivity contribution in [3.8, 4) is 0 Å². The van der Waals surface area contributed by atoms with Crippen molar-refractivity contribution < 1.29 is 0 Å². The molecule has 6 aliphatic carbocycles. The van der Waals surface area contributed by atoms with Gasteiger partial charge in [-0.05, 0) is 55.2 Å². The van der Waals surface area contributed by atoms with E-state index in [2.05, 4.69) is 0 Å². The Balaban J connectivity index is 0.000000342. The maximum Gasteiger partial charge on any atom is 0.196 e. The van der Waals surface area contributed by atoms with Crippen molar-refractivity contribution in [3.05, 3.63) is 103 Å². The van der Waals surface area contributed by atoms with Gasteiger partial charge in [0.15, 0.2) is 11.4 Å². The smallest absolute Gasteiger partial charge is 0.118 e. The first-order chi connectivity index (χ1) is 26.1. The lowest BCUT2D eigenvalue weighted by Crippen LogP contribution is -2.23. The maximum absolute atomic E-state index is 5.82. The number of alkyl halides is 15. The molecule has 0 amide bonds. The number of allylic oxidation sites excluding steroid dienone is 15. The highest BCUT2D eigenvalue weighted by molar-refractivity contribution is 6.69. The van der Waals surface area contributed by atoms with E-state index in [4.69, 9.17) is 244 Å². The molecule has 0 aromatic carbocycles. The Morgan fingerprint density at radius 2 is 0.877 bits per heavy atom. The summed E-state index contributed by atoms with van der Waals surface area (Å²) in [5.74, 6) is -0.126. The zero-order valence-corrected chi connectivity index (χ0v) is 44.7. The van der Waals surface area contributed by atoms with Crippen LogP contribution in [0.5, 0.6) is 0 Å². The van der Waals surface area contributed by atoms with Gasteiger partial charge in [0.2, 0.25) is 0 Å². The topological polar surface area (TPSA) is 0 Å². The first-order valence-electron chi connectivity index (χ1n) is 16.4. The minimum Gasteiger partial charge on any atom is -0.118 e. The van der Waals surface area contributed by atoms with E-state index in [-0.39, 0.29) is 50.0 Å². The zero-order valence-electron chi connectivity index (χ0n) is 28.8. The van der Waals surface area contributed by atoms with Crippen molar-refractivity contribution in [1.82, 2.24) is 0 Å². The molecule has 57 heavy (non-hydrogen) atoms. The summed E-state index contributed by atoms with van der Waals surface area (Å²) in [4.78, 5) is 0. The summed E-state index contributed by atoms with van der Waals surface area (Å²) >= 11 is 118. The molecule has 6 rings (SSSR count). The number of hydrogen-bond donors (Lipinski definition) is 0. The fraction of sp³-hybridized carbons (Fsp3) is 0.500. The Morgan fingerprint density at radius 1 is 0.456 bits per heavy atom. The second-order valence-electron chi connectivity index (χ2n) is 12.4. The lowest BCUT2D eigenvalue weighted by molar-refractivity contribution is 0.591. The zero-order chi connectivity index (χ0) is 43.9. The van der Waals surface area contributed by atoms with Gasteiger partial charge in [0.25, 0.3) is 0 Å². The fourth-order valence-corrected chi connectivity index (χ4v) is 9.49. The highest BCUT2D eigenvalue weighted by Gasteiger charge is 2.38. The Bertz CT molecular complexity index is 1450. The Kier molecular flexibility index (Phi) is 29.6. The van der Waals surface area contributed by atoms with Crippen LogP contribution in [0.2, 0.25) is 0 Å². The van der Waals surface area contributed by atoms with Gasteiger partial charge in [0, 0.05) is 17.8 Å². The first-order valence-corrected chi connectivity index (χ1v) is 24.6. The van der Waals surface area contributed by atoms with E-state index in [0.29, 0.717) is 13.5 Å². The molecule has 0 aromatic heterocycles. The van der Waals surface area contributed by atoms with E-state index in [1.54, 1.807) is 0 Å². The van der Waals surface area contributed by atoms with Crippen molar-refractivity contribution in [1.29, 1.82) is 0 Å². The minimum atomic E-state index is -1.23. The van der Waals surface area contributed by atoms with Crippen molar-refractivity contribution in [2.75, 3.05) is 0 Å². The van der Waals surface area contributed by atoms with E-state index in [1.165, 1.54) is 0 Å². The van der Waals surface area contributed by atoms with Crippen LogP contribution in [0.3, 0.4) is 0 Å². The Labute approximate surface area is 441 Å². The van der Waals surface area contributed by atoms with Gasteiger partial charge in [-0.3, -0.25) is 0 Å². The molecule has 21 heteroatoms. The van der Waals surface area contributed by atoms with Crippen LogP contribution in [0.4, 0.5) is 0 Å². The normalized spacial score (nSPS) is 29.4. The number of rotatable bonds is 0. The van der Waals surface area contributed by atoms with Crippen LogP contribution < -0.4 is 0 Å². The molecule has 0 N–H and O–H groups in total. The first kappa shape index (κ1) is 58.8. The summed E-state index contributed by atoms with van der Waals surface area (Å²) in [6, 6.07) is 0. The van der Waals surface area contributed by atoms with Crippen LogP contribution in [-0.4, -0.2) is 43.6 Å². The Morgan fingerprint density at radius 3 is 1.02 bits per heavy atom. The summed E-state index contributed by atoms with van der Waals surface area (Å²) < 4.78 is -2.65. The highest BCUT2D eigenvalue weighted by atomic mass is 35.6. The van der Waals surface area contributed by atoms with Gasteiger partial charge in [-0.2, -0.15) is 0 Å². The van der Waals surface area contributed by atoms with Crippen LogP contribution in [0, 0.1) is 17.8 Å². The summed E-state index contributed by atoms with van der Waals surface area (Å²) in [5, 5.41) is -0.0104. The summed E-state index contributed by atoms with van der Waals surface area (Å²) in [6.45, 7) is 0. The molecule has 0 spiro atoms. The van der Waals surface area contributed by atoms with Gasteiger partial charge < -0.3 is 0 Å². The largest absolute Gasteiger partial charge is 0.196 e. The number of hydrogen-bond acceptors (Lipinski definition) is 0. The minimum absolute atomic E-state index is 0.0278. The van der Waals surface area contributed by atoms with Crippen LogP contribution >= 0.6 is 244 Å². The van der Waals surface area contributed by atoms with E-state index in [1.807, 2.05) is 72.9 Å². The van der Waals surface area contributed by atoms with Crippen LogP contribution in [-0.2, 0) is 0 Å². The van der Waals surface area contributed by atoms with E-state index >= 15 is 0 Å². The molecular formula is C36H33Cl21. The predicted molar refractivity (Wildman–Crippen MR) is 268 cm³/mol. The van der Waals surface area contributed by atoms with Crippen molar-refractivity contribution in [2.45, 2.75) is 82.2 Å². The fourth-order valence-electron chi connectivity index (χ4n) is 4.87. The van der Waals surface area contributed by atoms with Gasteiger partial charge in [0.1, 0.15) is 13.5 Å². The van der Waals surface area contributed by atoms with E-state index in [9.17, 15) is 0 Å². The van der Waals surface area contributed by atoms with Crippen molar-refractivity contribution in [2.24, 2.45) is 17.8 Å². The second-order valence-corrected chi connectivity index (χ2v) is 25.5. The lowest BCUT2D eigenvalue weighted by atomic mass is 10.1. The van der Waals surface area contributed by atoms with Gasteiger partial charge >= 0.3 is 0 Å². The average Bonchev–Trinajstić information content (AvgIpc) is 3.91. The summed E-state index contributed by atoms with van der Waals surface area (Å²) in [5.41, 5.74) is 2.76. The molecule has 0 saturated carbocycles. The SMILES string of the molecule is ClC(Cl)=C1C=C[C@@H](Cl)C1.ClC(Cl)=C1C=C[C@H](Cl)C1.ClC(Cl)=C1CC=C[C@@H]1Cl.Cl[C@@H]1C=C[C@H](C(Cl)(Cl)Cl)C1.Cl[C@H]1C=CC[C@@H]1C(Cl)(Cl)Cl.Cl[C@H]1C=C[C@H](C(Cl)(Cl)Cl)C1. The molecule has 0 radical (unpaired) electrons. The van der Waals surface area contributed by atoms with Crippen LogP contribution in [0.15, 0.2) is 103 Å². The maximum atomic E-state index is 5.82. The molecule has 324 valence electrons. The van der Waals surface area contributed by atoms with E-state index in [0.717, 1.165) is 55.2 Å². The van der Waals surface area contributed by atoms with Crippen molar-refractivity contribution >= 4 is 244 Å². The van der Waals surface area contributed by atoms with Gasteiger partial charge in [-0.25, -0.2) is 0 Å². The molecule has 6 aliphatic rings. The predicted octanol–water partition coefficient (Wildman–Crippen LogP) is 20.3. The third kappa shape index (κ3) is 24.7. The van der Waals surface area contributed by atoms with Gasteiger partial charge in [-0.1, -0.05) is 247 Å². The summed E-state index contributed by atoms with van der Waals surface area (Å²) in [7, 11) is 0. The molecular weight excluding hydrogens is 1180 g/mol. The molecule has 0 unspecified atom stereocenters. The standard InChI is InChI=1S/3C6H6Cl4.3C6H5Cl3/c2*7-5-2-1-4(3-5)6(8,9)10;7-5-3-1-2-4(5)6(8,9)10;2*7-5-2-1-4(3-5)6(8)9;7-5-3-1-2-4(5)6(8)9/h2*1-2,4-5H,3H2;1,3-5H,2H2;2*1-2,5H,3H2;1,3,5H,2H2/t4-,5+;2*4-,5-;3*5-/m000100/s1. The summed E-state index contributed by atoms with van der Waals surface area (Å²) in [6.07, 6.45) is 27.0. The molecule has 0 saturated heterocycles. The highest BCUT2D eigenvalue weighted by Crippen LogP contribution is 2.44. The average molecular weight is 1210 g/mol. The van der Waals surface area contributed by atoms with E-state index < -0.39 is 11.4 Å². The molecule has 0 aromatic rings. The molecule has 0 nitrogen and oxygen atoms in total. The van der Waals surface area contributed by atoms with Crippen LogP contribution in [0.25, 0.3) is 0 Å². The van der Waals surface area contributed by atoms with Gasteiger partial charge in [0.05, 0.1) is 32.3 Å². The lowest BCUT2D eigenvalue weighted by Gasteiger charge is -2.21. The Hall–Kier alpha value is 3.75. The molecule has 0 fully saturated rings. The number of halogens is 21. The van der Waals surface area contributed by atoms with Gasteiger partial charge in [-0.15, -0.1) is 69.6 Å². The molecule has 0 aliphatic heterocycles. The molecule has 9 atom stereocenters. The molecule has 0 heterocycles.